The lowest BCUT2D eigenvalue weighted by Gasteiger charge is -2.36. The third kappa shape index (κ3) is 4.52. The van der Waals surface area contributed by atoms with Crippen LogP contribution in [0.2, 0.25) is 15.1 Å². The van der Waals surface area contributed by atoms with Gasteiger partial charge in [-0.3, -0.25) is 14.4 Å². The molecule has 0 aliphatic carbocycles. The Hall–Kier alpha value is -1.27. The molecule has 3 rings (SSSR count). The zero-order valence-corrected chi connectivity index (χ0v) is 16.8. The number of carbonyl (C=O) groups is 1. The highest BCUT2D eigenvalue weighted by atomic mass is 35.5. The average molecular weight is 416 g/mol. The highest BCUT2D eigenvalue weighted by Gasteiger charge is 2.28. The van der Waals surface area contributed by atoms with E-state index in [-0.39, 0.29) is 11.9 Å². The molecule has 0 N–H and O–H groups in total. The van der Waals surface area contributed by atoms with Crippen LogP contribution in [-0.2, 0) is 11.3 Å². The largest absolute Gasteiger partial charge is 0.338 e. The number of rotatable bonds is 5. The molecular formula is C18H21Cl3N4O. The van der Waals surface area contributed by atoms with Gasteiger partial charge in [-0.2, -0.15) is 5.10 Å². The molecule has 1 unspecified atom stereocenters. The lowest BCUT2D eigenvalue weighted by molar-refractivity contribution is -0.137. The molecular weight excluding hydrogens is 395 g/mol. The molecule has 26 heavy (non-hydrogen) atoms. The highest BCUT2D eigenvalue weighted by molar-refractivity contribution is 6.42. The molecule has 140 valence electrons. The standard InChI is InChI=1S/C18H21Cl3N4O/c1-2-17(25-12-14(19)10-22-25)18(26)24-7-5-23(6-8-24)11-13-3-4-15(20)16(21)9-13/h3-4,9-10,12,17H,2,5-8,11H2,1H3. The number of aromatic nitrogens is 2. The minimum absolute atomic E-state index is 0.0986. The summed E-state index contributed by atoms with van der Waals surface area (Å²) in [6, 6.07) is 5.40. The molecule has 1 saturated heterocycles. The van der Waals surface area contributed by atoms with Crippen LogP contribution in [0.25, 0.3) is 0 Å². The van der Waals surface area contributed by atoms with E-state index in [0.29, 0.717) is 34.6 Å². The summed E-state index contributed by atoms with van der Waals surface area (Å²) in [6.45, 7) is 5.82. The zero-order valence-electron chi connectivity index (χ0n) is 14.5. The number of piperazine rings is 1. The number of benzene rings is 1. The molecule has 1 fully saturated rings. The first-order valence-electron chi connectivity index (χ1n) is 8.62. The second kappa shape index (κ2) is 8.61. The molecule has 0 bridgehead atoms. The summed E-state index contributed by atoms with van der Waals surface area (Å²) in [6.07, 6.45) is 3.95. The Labute approximate surface area is 168 Å². The first-order valence-corrected chi connectivity index (χ1v) is 9.76. The Morgan fingerprint density at radius 1 is 1.15 bits per heavy atom. The molecule has 1 aliphatic heterocycles. The zero-order chi connectivity index (χ0) is 18.7. The van der Waals surface area contributed by atoms with Gasteiger partial charge in [-0.15, -0.1) is 0 Å². The maximum absolute atomic E-state index is 12.9. The van der Waals surface area contributed by atoms with Crippen LogP contribution in [0.15, 0.2) is 30.6 Å². The molecule has 0 saturated carbocycles. The normalized spacial score (nSPS) is 16.7. The van der Waals surface area contributed by atoms with Crippen molar-refractivity contribution in [2.24, 2.45) is 0 Å². The van der Waals surface area contributed by atoms with Crippen LogP contribution in [0.4, 0.5) is 0 Å². The maximum atomic E-state index is 12.9. The molecule has 0 spiro atoms. The van der Waals surface area contributed by atoms with Crippen molar-refractivity contribution in [3.05, 3.63) is 51.2 Å². The van der Waals surface area contributed by atoms with Crippen LogP contribution in [0.1, 0.15) is 24.9 Å². The SMILES string of the molecule is CCC(C(=O)N1CCN(Cc2ccc(Cl)c(Cl)c2)CC1)n1cc(Cl)cn1. The second-order valence-corrected chi connectivity index (χ2v) is 7.66. The monoisotopic (exact) mass is 414 g/mol. The Balaban J connectivity index is 1.57. The Morgan fingerprint density at radius 3 is 2.46 bits per heavy atom. The molecule has 8 heteroatoms. The smallest absolute Gasteiger partial charge is 0.247 e. The summed E-state index contributed by atoms with van der Waals surface area (Å²) in [5, 5.41) is 5.87. The van der Waals surface area contributed by atoms with Gasteiger partial charge in [0.25, 0.3) is 0 Å². The topological polar surface area (TPSA) is 41.4 Å². The van der Waals surface area contributed by atoms with Gasteiger partial charge in [-0.25, -0.2) is 0 Å². The molecule has 1 aromatic heterocycles. The van der Waals surface area contributed by atoms with Crippen molar-refractivity contribution in [3.63, 3.8) is 0 Å². The van der Waals surface area contributed by atoms with E-state index in [1.165, 1.54) is 0 Å². The van der Waals surface area contributed by atoms with Crippen molar-refractivity contribution in [2.45, 2.75) is 25.9 Å². The molecule has 1 atom stereocenters. The van der Waals surface area contributed by atoms with Gasteiger partial charge in [0.2, 0.25) is 5.91 Å². The molecule has 1 amide bonds. The van der Waals surface area contributed by atoms with Crippen LogP contribution >= 0.6 is 34.8 Å². The number of halogens is 3. The van der Waals surface area contributed by atoms with Crippen molar-refractivity contribution in [1.29, 1.82) is 0 Å². The Kier molecular flexibility index (Phi) is 6.46. The quantitative estimate of drug-likeness (QED) is 0.737. The lowest BCUT2D eigenvalue weighted by Crippen LogP contribution is -2.50. The minimum Gasteiger partial charge on any atom is -0.338 e. The number of hydrogen-bond donors (Lipinski definition) is 0. The van der Waals surface area contributed by atoms with Gasteiger partial charge in [-0.1, -0.05) is 47.8 Å². The van der Waals surface area contributed by atoms with Crippen LogP contribution < -0.4 is 0 Å². The summed E-state index contributed by atoms with van der Waals surface area (Å²) in [4.78, 5) is 17.1. The number of hydrogen-bond acceptors (Lipinski definition) is 3. The summed E-state index contributed by atoms with van der Waals surface area (Å²) in [7, 11) is 0. The van der Waals surface area contributed by atoms with E-state index in [1.54, 1.807) is 17.1 Å². The van der Waals surface area contributed by atoms with Gasteiger partial charge in [0.1, 0.15) is 6.04 Å². The second-order valence-electron chi connectivity index (χ2n) is 6.41. The van der Waals surface area contributed by atoms with E-state index >= 15 is 0 Å². The highest BCUT2D eigenvalue weighted by Crippen LogP contribution is 2.24. The maximum Gasteiger partial charge on any atom is 0.247 e. The predicted molar refractivity (Wildman–Crippen MR) is 105 cm³/mol. The molecule has 0 radical (unpaired) electrons. The molecule has 2 aromatic rings. The Morgan fingerprint density at radius 2 is 1.88 bits per heavy atom. The summed E-state index contributed by atoms with van der Waals surface area (Å²) in [5.41, 5.74) is 1.12. The van der Waals surface area contributed by atoms with Crippen LogP contribution in [0.5, 0.6) is 0 Å². The van der Waals surface area contributed by atoms with Crippen molar-refractivity contribution < 1.29 is 4.79 Å². The van der Waals surface area contributed by atoms with Gasteiger partial charge in [0.15, 0.2) is 0 Å². The number of carbonyl (C=O) groups excluding carboxylic acids is 1. The van der Waals surface area contributed by atoms with E-state index in [0.717, 1.165) is 25.2 Å². The summed E-state index contributed by atoms with van der Waals surface area (Å²) >= 11 is 18.0. The van der Waals surface area contributed by atoms with E-state index in [2.05, 4.69) is 10.00 Å². The fraction of sp³-hybridized carbons (Fsp3) is 0.444. The predicted octanol–water partition coefficient (Wildman–Crippen LogP) is 4.14. The van der Waals surface area contributed by atoms with Gasteiger partial charge >= 0.3 is 0 Å². The number of nitrogens with zero attached hydrogens (tertiary/aromatic N) is 4. The molecule has 1 aliphatic rings. The van der Waals surface area contributed by atoms with E-state index < -0.39 is 0 Å². The third-order valence-electron chi connectivity index (χ3n) is 4.64. The van der Waals surface area contributed by atoms with Crippen molar-refractivity contribution in [1.82, 2.24) is 19.6 Å². The Bertz CT molecular complexity index is 772. The van der Waals surface area contributed by atoms with Crippen molar-refractivity contribution in [2.75, 3.05) is 26.2 Å². The van der Waals surface area contributed by atoms with Crippen molar-refractivity contribution in [3.8, 4) is 0 Å². The fourth-order valence-corrected chi connectivity index (χ4v) is 3.66. The lowest BCUT2D eigenvalue weighted by atomic mass is 10.1. The van der Waals surface area contributed by atoms with Gasteiger partial charge in [-0.05, 0) is 24.1 Å². The summed E-state index contributed by atoms with van der Waals surface area (Å²) in [5.74, 6) is 0.0986. The molecule has 5 nitrogen and oxygen atoms in total. The van der Waals surface area contributed by atoms with E-state index in [1.807, 2.05) is 30.0 Å². The molecule has 1 aromatic carbocycles. The molecule has 2 heterocycles. The van der Waals surface area contributed by atoms with Crippen LogP contribution in [-0.4, -0.2) is 51.7 Å². The summed E-state index contributed by atoms with van der Waals surface area (Å²) < 4.78 is 1.66. The van der Waals surface area contributed by atoms with Crippen LogP contribution in [0, 0.1) is 0 Å². The van der Waals surface area contributed by atoms with Gasteiger partial charge in [0, 0.05) is 38.9 Å². The van der Waals surface area contributed by atoms with E-state index in [4.69, 9.17) is 34.8 Å². The van der Waals surface area contributed by atoms with Gasteiger partial charge < -0.3 is 4.90 Å². The first kappa shape index (κ1) is 19.5. The van der Waals surface area contributed by atoms with Gasteiger partial charge in [0.05, 0.1) is 21.3 Å². The van der Waals surface area contributed by atoms with E-state index in [9.17, 15) is 4.79 Å². The minimum atomic E-state index is -0.302. The third-order valence-corrected chi connectivity index (χ3v) is 5.57. The fourth-order valence-electron chi connectivity index (χ4n) is 3.19. The number of amides is 1. The first-order chi connectivity index (χ1) is 12.5. The average Bonchev–Trinajstić information content (AvgIpc) is 3.05. The van der Waals surface area contributed by atoms with Crippen LogP contribution in [0.3, 0.4) is 0 Å². The van der Waals surface area contributed by atoms with Crippen molar-refractivity contribution >= 4 is 40.7 Å².